The molecule has 1 aliphatic heterocycles. The SMILES string of the molecule is CN1CCN(c2cc(F)c(F)c(F)c2C#N)CC1. The molecule has 3 nitrogen and oxygen atoms in total. The molecule has 1 aromatic carbocycles. The van der Waals surface area contributed by atoms with Gasteiger partial charge in [-0.3, -0.25) is 0 Å². The van der Waals surface area contributed by atoms with E-state index < -0.39 is 23.0 Å². The summed E-state index contributed by atoms with van der Waals surface area (Å²) in [6.07, 6.45) is 0. The van der Waals surface area contributed by atoms with Crippen LogP contribution in [0.25, 0.3) is 0 Å². The molecule has 18 heavy (non-hydrogen) atoms. The molecule has 0 atom stereocenters. The van der Waals surface area contributed by atoms with Gasteiger partial charge in [0, 0.05) is 32.2 Å². The summed E-state index contributed by atoms with van der Waals surface area (Å²) < 4.78 is 39.8. The summed E-state index contributed by atoms with van der Waals surface area (Å²) in [5.41, 5.74) is -0.305. The van der Waals surface area contributed by atoms with Gasteiger partial charge in [-0.05, 0) is 7.05 Å². The summed E-state index contributed by atoms with van der Waals surface area (Å²) >= 11 is 0. The number of nitrogens with zero attached hydrogens (tertiary/aromatic N) is 3. The van der Waals surface area contributed by atoms with Crippen LogP contribution in [0.2, 0.25) is 0 Å². The topological polar surface area (TPSA) is 30.3 Å². The van der Waals surface area contributed by atoms with E-state index in [-0.39, 0.29) is 5.69 Å². The number of likely N-dealkylation sites (N-methyl/N-ethyl adjacent to an activating group) is 1. The van der Waals surface area contributed by atoms with Crippen molar-refractivity contribution >= 4 is 5.69 Å². The Balaban J connectivity index is 2.42. The molecule has 2 rings (SSSR count). The molecule has 0 saturated carbocycles. The standard InChI is InChI=1S/C12H12F3N3/c1-17-2-4-18(5-3-17)10-6-9(13)12(15)11(14)8(10)7-16/h6H,2-5H2,1H3. The number of hydrogen-bond donors (Lipinski definition) is 0. The predicted octanol–water partition coefficient (Wildman–Crippen LogP) is 1.73. The van der Waals surface area contributed by atoms with E-state index in [0.717, 1.165) is 19.2 Å². The fourth-order valence-electron chi connectivity index (χ4n) is 1.99. The van der Waals surface area contributed by atoms with Gasteiger partial charge in [0.1, 0.15) is 11.6 Å². The number of piperazine rings is 1. The van der Waals surface area contributed by atoms with Crippen LogP contribution >= 0.6 is 0 Å². The first kappa shape index (κ1) is 12.7. The molecule has 1 aliphatic rings. The monoisotopic (exact) mass is 255 g/mol. The molecule has 6 heteroatoms. The molecular weight excluding hydrogens is 243 g/mol. The van der Waals surface area contributed by atoms with Gasteiger partial charge in [0.25, 0.3) is 0 Å². The van der Waals surface area contributed by atoms with E-state index in [9.17, 15) is 13.2 Å². The molecule has 0 radical (unpaired) electrons. The van der Waals surface area contributed by atoms with Gasteiger partial charge in [0.15, 0.2) is 17.5 Å². The van der Waals surface area contributed by atoms with Crippen molar-refractivity contribution in [3.05, 3.63) is 29.1 Å². The van der Waals surface area contributed by atoms with Crippen molar-refractivity contribution in [1.29, 1.82) is 5.26 Å². The maximum atomic E-state index is 13.5. The number of hydrogen-bond acceptors (Lipinski definition) is 3. The number of nitriles is 1. The Labute approximate surface area is 103 Å². The second kappa shape index (κ2) is 4.86. The Morgan fingerprint density at radius 1 is 1.11 bits per heavy atom. The second-order valence-electron chi connectivity index (χ2n) is 4.28. The fraction of sp³-hybridized carbons (Fsp3) is 0.417. The molecule has 1 aromatic rings. The van der Waals surface area contributed by atoms with E-state index in [4.69, 9.17) is 5.26 Å². The predicted molar refractivity (Wildman–Crippen MR) is 60.7 cm³/mol. The second-order valence-corrected chi connectivity index (χ2v) is 4.28. The Morgan fingerprint density at radius 3 is 2.28 bits per heavy atom. The van der Waals surface area contributed by atoms with Crippen LogP contribution < -0.4 is 4.90 Å². The molecule has 0 amide bonds. The highest BCUT2D eigenvalue weighted by Crippen LogP contribution is 2.27. The zero-order valence-corrected chi connectivity index (χ0v) is 9.88. The van der Waals surface area contributed by atoms with Crippen LogP contribution in [0.5, 0.6) is 0 Å². The Morgan fingerprint density at radius 2 is 1.72 bits per heavy atom. The minimum atomic E-state index is -1.59. The summed E-state index contributed by atoms with van der Waals surface area (Å²) in [5.74, 6) is -4.27. The van der Waals surface area contributed by atoms with Crippen LogP contribution in [-0.4, -0.2) is 38.1 Å². The first-order valence-electron chi connectivity index (χ1n) is 5.55. The van der Waals surface area contributed by atoms with Crippen LogP contribution in [-0.2, 0) is 0 Å². The Bertz CT molecular complexity index is 502. The summed E-state index contributed by atoms with van der Waals surface area (Å²) in [6.45, 7) is 2.56. The van der Waals surface area contributed by atoms with Crippen molar-refractivity contribution in [3.63, 3.8) is 0 Å². The normalized spacial score (nSPS) is 16.7. The Hall–Kier alpha value is -1.74. The zero-order chi connectivity index (χ0) is 13.3. The van der Waals surface area contributed by atoms with Crippen molar-refractivity contribution in [2.45, 2.75) is 0 Å². The lowest BCUT2D eigenvalue weighted by Crippen LogP contribution is -2.44. The van der Waals surface area contributed by atoms with Gasteiger partial charge >= 0.3 is 0 Å². The van der Waals surface area contributed by atoms with Crippen molar-refractivity contribution < 1.29 is 13.2 Å². The van der Waals surface area contributed by atoms with Crippen molar-refractivity contribution in [2.75, 3.05) is 38.1 Å². The van der Waals surface area contributed by atoms with Crippen LogP contribution in [0.15, 0.2) is 6.07 Å². The number of halogens is 3. The first-order chi connectivity index (χ1) is 8.54. The van der Waals surface area contributed by atoms with Crippen LogP contribution in [0.1, 0.15) is 5.56 Å². The van der Waals surface area contributed by atoms with E-state index in [2.05, 4.69) is 4.90 Å². The number of benzene rings is 1. The van der Waals surface area contributed by atoms with Gasteiger partial charge in [-0.2, -0.15) is 5.26 Å². The largest absolute Gasteiger partial charge is 0.368 e. The van der Waals surface area contributed by atoms with Crippen LogP contribution in [0.3, 0.4) is 0 Å². The average Bonchev–Trinajstić information content (AvgIpc) is 2.37. The third-order valence-corrected chi connectivity index (χ3v) is 3.10. The molecular formula is C12H12F3N3. The highest BCUT2D eigenvalue weighted by molar-refractivity contribution is 5.60. The summed E-state index contributed by atoms with van der Waals surface area (Å²) in [7, 11) is 1.94. The molecule has 0 bridgehead atoms. The lowest BCUT2D eigenvalue weighted by atomic mass is 10.1. The van der Waals surface area contributed by atoms with Gasteiger partial charge in [-0.15, -0.1) is 0 Å². The van der Waals surface area contributed by atoms with Gasteiger partial charge < -0.3 is 9.80 Å². The average molecular weight is 255 g/mol. The highest BCUT2D eigenvalue weighted by atomic mass is 19.2. The lowest BCUT2D eigenvalue weighted by Gasteiger charge is -2.34. The molecule has 0 unspecified atom stereocenters. The summed E-state index contributed by atoms with van der Waals surface area (Å²) in [5, 5.41) is 8.88. The first-order valence-corrected chi connectivity index (χ1v) is 5.55. The highest BCUT2D eigenvalue weighted by Gasteiger charge is 2.24. The maximum absolute atomic E-state index is 13.5. The minimum Gasteiger partial charge on any atom is -0.368 e. The molecule has 1 saturated heterocycles. The van der Waals surface area contributed by atoms with Gasteiger partial charge in [-0.25, -0.2) is 13.2 Å². The molecule has 0 N–H and O–H groups in total. The Kier molecular flexibility index (Phi) is 3.43. The molecule has 96 valence electrons. The van der Waals surface area contributed by atoms with Crippen LogP contribution in [0.4, 0.5) is 18.9 Å². The third-order valence-electron chi connectivity index (χ3n) is 3.10. The van der Waals surface area contributed by atoms with Gasteiger partial charge in [0.2, 0.25) is 0 Å². The quantitative estimate of drug-likeness (QED) is 0.716. The number of anilines is 1. The summed E-state index contributed by atoms with van der Waals surface area (Å²) in [4.78, 5) is 3.77. The van der Waals surface area contributed by atoms with Crippen molar-refractivity contribution in [3.8, 4) is 6.07 Å². The van der Waals surface area contributed by atoms with Gasteiger partial charge in [-0.1, -0.05) is 0 Å². The van der Waals surface area contributed by atoms with Crippen molar-refractivity contribution in [1.82, 2.24) is 4.90 Å². The van der Waals surface area contributed by atoms with E-state index in [1.807, 2.05) is 7.05 Å². The van der Waals surface area contributed by atoms with E-state index in [1.165, 1.54) is 0 Å². The molecule has 1 heterocycles. The van der Waals surface area contributed by atoms with Crippen LogP contribution in [0, 0.1) is 28.8 Å². The maximum Gasteiger partial charge on any atom is 0.195 e. The van der Waals surface area contributed by atoms with E-state index in [0.29, 0.717) is 13.1 Å². The van der Waals surface area contributed by atoms with E-state index in [1.54, 1.807) is 11.0 Å². The smallest absolute Gasteiger partial charge is 0.195 e. The molecule has 0 aromatic heterocycles. The van der Waals surface area contributed by atoms with Gasteiger partial charge in [0.05, 0.1) is 5.69 Å². The summed E-state index contributed by atoms with van der Waals surface area (Å²) in [6, 6.07) is 2.49. The fourth-order valence-corrected chi connectivity index (χ4v) is 1.99. The van der Waals surface area contributed by atoms with E-state index >= 15 is 0 Å². The third kappa shape index (κ3) is 2.14. The minimum absolute atomic E-state index is 0.127. The molecule has 0 aliphatic carbocycles. The number of rotatable bonds is 1. The zero-order valence-electron chi connectivity index (χ0n) is 9.88. The molecule has 1 fully saturated rings. The lowest BCUT2D eigenvalue weighted by molar-refractivity contribution is 0.312. The molecule has 0 spiro atoms. The van der Waals surface area contributed by atoms with Crippen molar-refractivity contribution in [2.24, 2.45) is 0 Å².